The molecule has 0 aliphatic rings. The van der Waals surface area contributed by atoms with Crippen molar-refractivity contribution in [2.75, 3.05) is 11.9 Å². The third-order valence-corrected chi connectivity index (χ3v) is 2.76. The Labute approximate surface area is 102 Å². The maximum atomic E-state index is 11.4. The monoisotopic (exact) mass is 256 g/mol. The van der Waals surface area contributed by atoms with E-state index in [9.17, 15) is 14.4 Å². The van der Waals surface area contributed by atoms with Crippen LogP contribution in [0.1, 0.15) is 23.0 Å². The number of anilines is 1. The summed E-state index contributed by atoms with van der Waals surface area (Å²) in [6.07, 6.45) is 0.106. The van der Waals surface area contributed by atoms with E-state index in [0.29, 0.717) is 0 Å². The van der Waals surface area contributed by atoms with Gasteiger partial charge in [-0.2, -0.15) is 0 Å². The van der Waals surface area contributed by atoms with Crippen LogP contribution in [-0.2, 0) is 9.59 Å². The molecule has 1 heterocycles. The average Bonchev–Trinajstić information content (AvgIpc) is 2.65. The summed E-state index contributed by atoms with van der Waals surface area (Å²) in [7, 11) is 0. The van der Waals surface area contributed by atoms with E-state index in [2.05, 4.69) is 10.6 Å². The van der Waals surface area contributed by atoms with Gasteiger partial charge in [-0.05, 0) is 11.4 Å². The summed E-state index contributed by atoms with van der Waals surface area (Å²) in [5, 5.41) is 15.4. The van der Waals surface area contributed by atoms with Gasteiger partial charge < -0.3 is 15.7 Å². The molecule has 0 saturated carbocycles. The zero-order valence-corrected chi connectivity index (χ0v) is 9.97. The lowest BCUT2D eigenvalue weighted by atomic mass is 10.3. The largest absolute Gasteiger partial charge is 0.477 e. The third-order valence-electron chi connectivity index (χ3n) is 1.86. The minimum absolute atomic E-state index is 0.0953. The summed E-state index contributed by atoms with van der Waals surface area (Å²) >= 11 is 1.04. The van der Waals surface area contributed by atoms with E-state index in [1.54, 1.807) is 5.38 Å². The fourth-order valence-electron chi connectivity index (χ4n) is 1.14. The van der Waals surface area contributed by atoms with Crippen LogP contribution in [0.5, 0.6) is 0 Å². The first-order chi connectivity index (χ1) is 8.00. The van der Waals surface area contributed by atoms with Crippen molar-refractivity contribution in [3.8, 4) is 0 Å². The molecular formula is C10H12N2O4S. The van der Waals surface area contributed by atoms with E-state index in [4.69, 9.17) is 5.11 Å². The predicted octanol–water partition coefficient (Wildman–Crippen LogP) is 0.911. The standard InChI is InChI=1S/C10H12N2O4S/c1-6(13)11-4-2-8(14)12-7-3-5-17-9(7)10(15)16/h3,5H,2,4H2,1H3,(H,11,13)(H,12,14)(H,15,16). The van der Waals surface area contributed by atoms with Gasteiger partial charge in [0.05, 0.1) is 5.69 Å². The van der Waals surface area contributed by atoms with Crippen molar-refractivity contribution in [3.05, 3.63) is 16.3 Å². The first-order valence-electron chi connectivity index (χ1n) is 4.85. The van der Waals surface area contributed by atoms with Crippen LogP contribution in [-0.4, -0.2) is 29.4 Å². The number of carboxylic acids is 1. The highest BCUT2D eigenvalue weighted by Gasteiger charge is 2.13. The predicted molar refractivity (Wildman–Crippen MR) is 63.2 cm³/mol. The Balaban J connectivity index is 2.48. The van der Waals surface area contributed by atoms with Crippen molar-refractivity contribution in [3.63, 3.8) is 0 Å². The molecule has 0 aliphatic heterocycles. The average molecular weight is 256 g/mol. The molecule has 0 fully saturated rings. The number of hydrogen-bond acceptors (Lipinski definition) is 4. The summed E-state index contributed by atoms with van der Waals surface area (Å²) in [5.41, 5.74) is 0.287. The molecule has 6 nitrogen and oxygen atoms in total. The zero-order chi connectivity index (χ0) is 12.8. The minimum Gasteiger partial charge on any atom is -0.477 e. The van der Waals surface area contributed by atoms with Gasteiger partial charge in [-0.1, -0.05) is 0 Å². The van der Waals surface area contributed by atoms with Gasteiger partial charge in [-0.25, -0.2) is 4.79 Å². The third kappa shape index (κ3) is 4.23. The number of thiophene rings is 1. The van der Waals surface area contributed by atoms with Crippen molar-refractivity contribution in [2.45, 2.75) is 13.3 Å². The summed E-state index contributed by atoms with van der Waals surface area (Å²) < 4.78 is 0. The molecule has 0 spiro atoms. The molecule has 0 saturated heterocycles. The van der Waals surface area contributed by atoms with E-state index >= 15 is 0 Å². The van der Waals surface area contributed by atoms with Gasteiger partial charge >= 0.3 is 5.97 Å². The van der Waals surface area contributed by atoms with Gasteiger partial charge in [0, 0.05) is 19.9 Å². The maximum Gasteiger partial charge on any atom is 0.348 e. The highest BCUT2D eigenvalue weighted by Crippen LogP contribution is 2.22. The van der Waals surface area contributed by atoms with Crippen LogP contribution in [0.25, 0.3) is 0 Å². The molecular weight excluding hydrogens is 244 g/mol. The molecule has 3 N–H and O–H groups in total. The Morgan fingerprint density at radius 1 is 1.41 bits per heavy atom. The lowest BCUT2D eigenvalue weighted by Gasteiger charge is -2.04. The van der Waals surface area contributed by atoms with Gasteiger partial charge in [-0.15, -0.1) is 11.3 Å². The second-order valence-electron chi connectivity index (χ2n) is 3.25. The molecule has 17 heavy (non-hydrogen) atoms. The molecule has 1 aromatic heterocycles. The number of amides is 2. The van der Waals surface area contributed by atoms with E-state index in [0.717, 1.165) is 11.3 Å². The molecule has 1 aromatic rings. The van der Waals surface area contributed by atoms with Crippen molar-refractivity contribution in [1.29, 1.82) is 0 Å². The number of hydrogen-bond donors (Lipinski definition) is 3. The summed E-state index contributed by atoms with van der Waals surface area (Å²) in [6, 6.07) is 1.53. The Kier molecular flexibility index (Phi) is 4.65. The fraction of sp³-hybridized carbons (Fsp3) is 0.300. The molecule has 0 radical (unpaired) electrons. The van der Waals surface area contributed by atoms with E-state index in [1.807, 2.05) is 0 Å². The van der Waals surface area contributed by atoms with Crippen molar-refractivity contribution >= 4 is 34.8 Å². The molecule has 0 bridgehead atoms. The summed E-state index contributed by atoms with van der Waals surface area (Å²) in [4.78, 5) is 32.8. The molecule has 0 atom stereocenters. The SMILES string of the molecule is CC(=O)NCCC(=O)Nc1ccsc1C(=O)O. The molecule has 0 aliphatic carbocycles. The van der Waals surface area contributed by atoms with Gasteiger partial charge in [0.2, 0.25) is 11.8 Å². The lowest BCUT2D eigenvalue weighted by Crippen LogP contribution is -2.25. The Morgan fingerprint density at radius 2 is 2.12 bits per heavy atom. The minimum atomic E-state index is -1.07. The normalized spacial score (nSPS) is 9.71. The number of carbonyl (C=O) groups excluding carboxylic acids is 2. The molecule has 2 amide bonds. The summed E-state index contributed by atoms with van der Waals surface area (Å²) in [5.74, 6) is -1.61. The number of rotatable bonds is 5. The molecule has 0 unspecified atom stereocenters. The number of carbonyl (C=O) groups is 3. The lowest BCUT2D eigenvalue weighted by molar-refractivity contribution is -0.119. The quantitative estimate of drug-likeness (QED) is 0.729. The van der Waals surface area contributed by atoms with Gasteiger partial charge in [0.1, 0.15) is 4.88 Å². The van der Waals surface area contributed by atoms with Crippen LogP contribution < -0.4 is 10.6 Å². The maximum absolute atomic E-state index is 11.4. The fourth-order valence-corrected chi connectivity index (χ4v) is 1.83. The van der Waals surface area contributed by atoms with Crippen molar-refractivity contribution in [1.82, 2.24) is 5.32 Å². The van der Waals surface area contributed by atoms with Crippen LogP contribution in [0.4, 0.5) is 5.69 Å². The number of aromatic carboxylic acids is 1. The van der Waals surface area contributed by atoms with E-state index < -0.39 is 5.97 Å². The second-order valence-corrected chi connectivity index (χ2v) is 4.17. The molecule has 7 heteroatoms. The van der Waals surface area contributed by atoms with Crippen LogP contribution >= 0.6 is 11.3 Å². The van der Waals surface area contributed by atoms with Crippen LogP contribution in [0.15, 0.2) is 11.4 Å². The topological polar surface area (TPSA) is 95.5 Å². The van der Waals surface area contributed by atoms with Crippen molar-refractivity contribution < 1.29 is 19.5 Å². The van der Waals surface area contributed by atoms with E-state index in [-0.39, 0.29) is 35.3 Å². The first-order valence-corrected chi connectivity index (χ1v) is 5.73. The van der Waals surface area contributed by atoms with Crippen LogP contribution in [0, 0.1) is 0 Å². The Bertz CT molecular complexity index is 441. The zero-order valence-electron chi connectivity index (χ0n) is 9.15. The van der Waals surface area contributed by atoms with Gasteiger partial charge in [-0.3, -0.25) is 9.59 Å². The highest BCUT2D eigenvalue weighted by atomic mass is 32.1. The van der Waals surface area contributed by atoms with Gasteiger partial charge in [0.15, 0.2) is 0 Å². The molecule has 0 aromatic carbocycles. The highest BCUT2D eigenvalue weighted by molar-refractivity contribution is 7.12. The van der Waals surface area contributed by atoms with E-state index in [1.165, 1.54) is 13.0 Å². The van der Waals surface area contributed by atoms with Gasteiger partial charge in [0.25, 0.3) is 0 Å². The number of nitrogens with one attached hydrogen (secondary N) is 2. The smallest absolute Gasteiger partial charge is 0.348 e. The Morgan fingerprint density at radius 3 is 2.71 bits per heavy atom. The summed E-state index contributed by atoms with van der Waals surface area (Å²) in [6.45, 7) is 1.59. The number of carboxylic acid groups (broad SMARTS) is 1. The molecule has 92 valence electrons. The van der Waals surface area contributed by atoms with Crippen LogP contribution in [0.2, 0.25) is 0 Å². The van der Waals surface area contributed by atoms with Crippen molar-refractivity contribution in [2.24, 2.45) is 0 Å². The first kappa shape index (κ1) is 13.2. The Hall–Kier alpha value is -1.89. The molecule has 1 rings (SSSR count). The second kappa shape index (κ2) is 6.00. The van der Waals surface area contributed by atoms with Crippen LogP contribution in [0.3, 0.4) is 0 Å².